The molecule has 2 fully saturated rings. The zero-order chi connectivity index (χ0) is 16.4. The van der Waals surface area contributed by atoms with Crippen LogP contribution in [0.4, 0.5) is 0 Å². The highest BCUT2D eigenvalue weighted by Crippen LogP contribution is 2.31. The van der Waals surface area contributed by atoms with Crippen LogP contribution in [-0.4, -0.2) is 61.4 Å². The van der Waals surface area contributed by atoms with Crippen LogP contribution in [-0.2, 0) is 4.79 Å². The predicted octanol–water partition coefficient (Wildman–Crippen LogP) is 1.13. The second kappa shape index (κ2) is 6.71. The van der Waals surface area contributed by atoms with Gasteiger partial charge >= 0.3 is 0 Å². The van der Waals surface area contributed by atoms with Crippen LogP contribution in [0.25, 0.3) is 0 Å². The number of nitrogens with one attached hydrogen (secondary N) is 1. The summed E-state index contributed by atoms with van der Waals surface area (Å²) >= 11 is 0. The summed E-state index contributed by atoms with van der Waals surface area (Å²) in [6.07, 6.45) is 1.07. The topological polar surface area (TPSA) is 52.7 Å². The van der Waals surface area contributed by atoms with Gasteiger partial charge in [0.2, 0.25) is 5.91 Å². The summed E-state index contributed by atoms with van der Waals surface area (Å²) in [7, 11) is 1.67. The average molecular weight is 315 g/mol. The molecule has 0 aromatic heterocycles. The number of likely N-dealkylation sites (tertiary alicyclic amines) is 2. The van der Waals surface area contributed by atoms with E-state index in [4.69, 9.17) is 0 Å². The van der Waals surface area contributed by atoms with Gasteiger partial charge in [-0.25, -0.2) is 0 Å². The number of fused-ring (bicyclic) bond motifs is 1. The van der Waals surface area contributed by atoms with Crippen LogP contribution >= 0.6 is 0 Å². The number of rotatable bonds is 3. The van der Waals surface area contributed by atoms with Gasteiger partial charge < -0.3 is 10.2 Å². The fourth-order valence-electron chi connectivity index (χ4n) is 3.71. The van der Waals surface area contributed by atoms with Gasteiger partial charge in [-0.1, -0.05) is 17.7 Å². The Kier molecular flexibility index (Phi) is 4.66. The van der Waals surface area contributed by atoms with Gasteiger partial charge in [0.1, 0.15) is 0 Å². The second-order valence-corrected chi connectivity index (χ2v) is 6.79. The number of benzene rings is 1. The van der Waals surface area contributed by atoms with Crippen LogP contribution in [0.3, 0.4) is 0 Å². The molecule has 2 atom stereocenters. The van der Waals surface area contributed by atoms with E-state index in [1.165, 1.54) is 5.56 Å². The van der Waals surface area contributed by atoms with Crippen molar-refractivity contribution >= 4 is 11.8 Å². The van der Waals surface area contributed by atoms with Crippen molar-refractivity contribution in [2.45, 2.75) is 13.3 Å². The number of carbonyl (C=O) groups excluding carboxylic acids is 2. The van der Waals surface area contributed by atoms with Gasteiger partial charge in [0.25, 0.3) is 5.91 Å². The average Bonchev–Trinajstić information content (AvgIpc) is 2.98. The van der Waals surface area contributed by atoms with Gasteiger partial charge in [-0.05, 0) is 43.9 Å². The number of amides is 2. The third-order valence-electron chi connectivity index (χ3n) is 5.12. The molecule has 1 N–H and O–H groups in total. The smallest absolute Gasteiger partial charge is 0.253 e. The Morgan fingerprint density at radius 1 is 1.13 bits per heavy atom. The summed E-state index contributed by atoms with van der Waals surface area (Å²) in [5, 5.41) is 2.68. The maximum absolute atomic E-state index is 12.7. The number of hydrogen-bond acceptors (Lipinski definition) is 3. The van der Waals surface area contributed by atoms with E-state index in [9.17, 15) is 9.59 Å². The first kappa shape index (κ1) is 16.0. The molecule has 1 aromatic carbocycles. The van der Waals surface area contributed by atoms with Crippen molar-refractivity contribution in [3.8, 4) is 0 Å². The molecule has 23 heavy (non-hydrogen) atoms. The molecule has 0 radical (unpaired) electrons. The van der Waals surface area contributed by atoms with Crippen LogP contribution in [0.5, 0.6) is 0 Å². The van der Waals surface area contributed by atoms with Crippen LogP contribution < -0.4 is 5.32 Å². The van der Waals surface area contributed by atoms with Gasteiger partial charge in [-0.2, -0.15) is 0 Å². The van der Waals surface area contributed by atoms with E-state index in [0.29, 0.717) is 18.4 Å². The van der Waals surface area contributed by atoms with Gasteiger partial charge in [0.15, 0.2) is 0 Å². The molecule has 2 aliphatic rings. The summed E-state index contributed by atoms with van der Waals surface area (Å²) < 4.78 is 0. The van der Waals surface area contributed by atoms with Crippen molar-refractivity contribution in [1.29, 1.82) is 0 Å². The van der Waals surface area contributed by atoms with Crippen LogP contribution in [0.1, 0.15) is 22.3 Å². The zero-order valence-electron chi connectivity index (χ0n) is 13.9. The van der Waals surface area contributed by atoms with E-state index in [0.717, 1.165) is 38.2 Å². The highest BCUT2D eigenvalue weighted by molar-refractivity contribution is 5.94. The van der Waals surface area contributed by atoms with Crippen molar-refractivity contribution in [1.82, 2.24) is 15.1 Å². The molecule has 0 spiro atoms. The molecular weight excluding hydrogens is 290 g/mol. The van der Waals surface area contributed by atoms with E-state index < -0.39 is 0 Å². The molecule has 0 saturated carbocycles. The van der Waals surface area contributed by atoms with E-state index in [1.54, 1.807) is 7.05 Å². The van der Waals surface area contributed by atoms with Crippen molar-refractivity contribution in [3.63, 3.8) is 0 Å². The van der Waals surface area contributed by atoms with Gasteiger partial charge in [-0.3, -0.25) is 14.5 Å². The van der Waals surface area contributed by atoms with E-state index in [2.05, 4.69) is 10.2 Å². The quantitative estimate of drug-likeness (QED) is 0.910. The number of likely N-dealkylation sites (N-methyl/N-ethyl adjacent to an activating group) is 1. The number of piperidine rings is 1. The summed E-state index contributed by atoms with van der Waals surface area (Å²) in [6, 6.07) is 7.80. The molecule has 1 aromatic rings. The molecule has 2 amide bonds. The first-order chi connectivity index (χ1) is 11.1. The Bertz CT molecular complexity index is 584. The highest BCUT2D eigenvalue weighted by atomic mass is 16.2. The Hall–Kier alpha value is -1.88. The van der Waals surface area contributed by atoms with Crippen molar-refractivity contribution in [2.75, 3.05) is 39.8 Å². The van der Waals surface area contributed by atoms with Gasteiger partial charge in [0, 0.05) is 32.2 Å². The van der Waals surface area contributed by atoms with Crippen LogP contribution in [0.15, 0.2) is 24.3 Å². The van der Waals surface area contributed by atoms with E-state index in [-0.39, 0.29) is 11.8 Å². The fourth-order valence-corrected chi connectivity index (χ4v) is 3.71. The molecule has 5 heteroatoms. The molecule has 3 rings (SSSR count). The molecule has 5 nitrogen and oxygen atoms in total. The molecule has 0 aliphatic carbocycles. The first-order valence-corrected chi connectivity index (χ1v) is 8.35. The van der Waals surface area contributed by atoms with Crippen molar-refractivity contribution < 1.29 is 9.59 Å². The molecular formula is C18H25N3O2. The zero-order valence-corrected chi connectivity index (χ0v) is 13.9. The van der Waals surface area contributed by atoms with Crippen LogP contribution in [0, 0.1) is 18.8 Å². The Morgan fingerprint density at radius 2 is 1.83 bits per heavy atom. The van der Waals surface area contributed by atoms with E-state index in [1.807, 2.05) is 36.1 Å². The van der Waals surface area contributed by atoms with Gasteiger partial charge in [0.05, 0.1) is 6.54 Å². The van der Waals surface area contributed by atoms with Gasteiger partial charge in [-0.15, -0.1) is 0 Å². The Morgan fingerprint density at radius 3 is 2.52 bits per heavy atom. The first-order valence-electron chi connectivity index (χ1n) is 8.35. The lowest BCUT2D eigenvalue weighted by Crippen LogP contribution is -2.44. The number of hydrogen-bond donors (Lipinski definition) is 1. The van der Waals surface area contributed by atoms with Crippen LogP contribution in [0.2, 0.25) is 0 Å². The van der Waals surface area contributed by atoms with Crippen molar-refractivity contribution in [3.05, 3.63) is 35.4 Å². The largest absolute Gasteiger partial charge is 0.358 e. The fraction of sp³-hybridized carbons (Fsp3) is 0.556. The molecule has 0 unspecified atom stereocenters. The normalized spacial score (nSPS) is 24.3. The third-order valence-corrected chi connectivity index (χ3v) is 5.12. The maximum Gasteiger partial charge on any atom is 0.253 e. The third kappa shape index (κ3) is 3.55. The Balaban J connectivity index is 1.60. The highest BCUT2D eigenvalue weighted by Gasteiger charge is 2.39. The lowest BCUT2D eigenvalue weighted by molar-refractivity contribution is -0.122. The molecule has 124 valence electrons. The minimum atomic E-state index is 0.0639. The molecule has 2 aliphatic heterocycles. The molecule has 0 bridgehead atoms. The minimum Gasteiger partial charge on any atom is -0.358 e. The van der Waals surface area contributed by atoms with E-state index >= 15 is 0 Å². The second-order valence-electron chi connectivity index (χ2n) is 6.79. The minimum absolute atomic E-state index is 0.0639. The molecule has 2 saturated heterocycles. The summed E-state index contributed by atoms with van der Waals surface area (Å²) in [6.45, 7) is 6.01. The number of aryl methyl sites for hydroxylation is 1. The number of nitrogens with zero attached hydrogens (tertiary/aromatic N) is 2. The standard InChI is InChI=1S/C18H25N3O2/c1-13-3-5-14(6-4-13)18(23)21-10-15-7-8-20(9-16(15)11-21)12-17(22)19-2/h3-6,15-16H,7-12H2,1-2H3,(H,19,22)/t15-,16+/m0/s1. The summed E-state index contributed by atoms with van der Waals surface area (Å²) in [5.74, 6) is 1.26. The monoisotopic (exact) mass is 315 g/mol. The van der Waals surface area contributed by atoms with Crippen molar-refractivity contribution in [2.24, 2.45) is 11.8 Å². The predicted molar refractivity (Wildman–Crippen MR) is 89.2 cm³/mol. The molecule has 2 heterocycles. The summed E-state index contributed by atoms with van der Waals surface area (Å²) in [5.41, 5.74) is 1.94. The lowest BCUT2D eigenvalue weighted by Gasteiger charge is -2.33. The lowest BCUT2D eigenvalue weighted by atomic mass is 9.89. The summed E-state index contributed by atoms with van der Waals surface area (Å²) in [4.78, 5) is 28.4. The maximum atomic E-state index is 12.7. The Labute approximate surface area is 137 Å². The number of carbonyl (C=O) groups is 2. The SMILES string of the molecule is CNC(=O)CN1CC[C@H]2CN(C(=O)c3ccc(C)cc3)C[C@H]2C1.